The fourth-order valence-electron chi connectivity index (χ4n) is 5.89. The Morgan fingerprint density at radius 1 is 0.471 bits per heavy atom. The second-order valence-electron chi connectivity index (χ2n) is 11.9. The molecule has 3 aromatic carbocycles. The van der Waals surface area contributed by atoms with Gasteiger partial charge in [-0.25, -0.2) is 0 Å². The molecule has 0 heterocycles. The Morgan fingerprint density at radius 2 is 0.676 bits per heavy atom. The van der Waals surface area contributed by atoms with Crippen molar-refractivity contribution < 1.29 is 21.9 Å². The van der Waals surface area contributed by atoms with E-state index in [1.165, 1.54) is 0 Å². The summed E-state index contributed by atoms with van der Waals surface area (Å²) in [4.78, 5) is 13.8. The van der Waals surface area contributed by atoms with Gasteiger partial charge in [0, 0.05) is 7.92 Å². The van der Waals surface area contributed by atoms with Gasteiger partial charge in [-0.1, -0.05) is 107 Å². The molecular formula is C30H43CuOPSi+. The van der Waals surface area contributed by atoms with Gasteiger partial charge in [-0.15, -0.1) is 0 Å². The van der Waals surface area contributed by atoms with E-state index < -0.39 is 16.2 Å². The summed E-state index contributed by atoms with van der Waals surface area (Å²) in [6.07, 6.45) is 0. The van der Waals surface area contributed by atoms with Crippen LogP contribution in [-0.2, 0) is 17.1 Å². The van der Waals surface area contributed by atoms with Crippen LogP contribution in [0.25, 0.3) is 0 Å². The minimum atomic E-state index is -3.13. The van der Waals surface area contributed by atoms with Crippen LogP contribution in [0.5, 0.6) is 0 Å². The minimum Gasteiger partial charge on any atom is -0.848 e. The van der Waals surface area contributed by atoms with E-state index in [9.17, 15) is 4.80 Å². The Labute approximate surface area is 221 Å². The molecule has 3 aromatic rings. The summed E-state index contributed by atoms with van der Waals surface area (Å²) in [5.41, 5.74) is 0. The largest absolute Gasteiger partial charge is 1.00 e. The van der Waals surface area contributed by atoms with Crippen molar-refractivity contribution >= 4 is 31.8 Å². The molecule has 0 spiro atoms. The van der Waals surface area contributed by atoms with Crippen molar-refractivity contribution in [3.8, 4) is 0 Å². The fourth-order valence-corrected chi connectivity index (χ4v) is 15.6. The molecule has 0 bridgehead atoms. The number of benzene rings is 3. The molecule has 0 fully saturated rings. The van der Waals surface area contributed by atoms with Gasteiger partial charge in [0.1, 0.15) is 0 Å². The zero-order chi connectivity index (χ0) is 24.9. The van der Waals surface area contributed by atoms with Crippen LogP contribution in [0.1, 0.15) is 62.3 Å². The van der Waals surface area contributed by atoms with Crippen molar-refractivity contribution in [2.75, 3.05) is 0 Å². The molecule has 0 N–H and O–H groups in total. The second kappa shape index (κ2) is 12.2. The number of hydrogen-bond donors (Lipinski definition) is 0. The van der Waals surface area contributed by atoms with Gasteiger partial charge in [-0.3, -0.25) is 0 Å². The van der Waals surface area contributed by atoms with Crippen molar-refractivity contribution in [2.24, 2.45) is 0 Å². The summed E-state index contributed by atoms with van der Waals surface area (Å²) in [6, 6.07) is 29.3. The minimum absolute atomic E-state index is 0. The first-order valence-corrected chi connectivity index (χ1v) is 15.3. The summed E-state index contributed by atoms with van der Waals surface area (Å²) in [5, 5.41) is 4.16. The predicted octanol–water partition coefficient (Wildman–Crippen LogP) is 5.61. The Bertz CT molecular complexity index is 842. The fraction of sp³-hybridized carbons (Fsp3) is 0.400. The first-order valence-electron chi connectivity index (χ1n) is 11.9. The smallest absolute Gasteiger partial charge is 0.848 e. The Balaban J connectivity index is 0.000000364. The molecule has 0 aliphatic heterocycles. The molecule has 34 heavy (non-hydrogen) atoms. The number of rotatable bonds is 3. The number of hydrogen-bond acceptors (Lipinski definition) is 1. The van der Waals surface area contributed by atoms with Crippen molar-refractivity contribution in [2.45, 2.75) is 77.8 Å². The van der Waals surface area contributed by atoms with Gasteiger partial charge < -0.3 is 4.80 Å². The van der Waals surface area contributed by atoms with E-state index in [2.05, 4.69) is 62.3 Å². The molecule has 0 aliphatic carbocycles. The molecule has 0 aliphatic rings. The first kappa shape index (κ1) is 30.8. The van der Waals surface area contributed by atoms with Crippen molar-refractivity contribution in [1.29, 1.82) is 0 Å². The van der Waals surface area contributed by atoms with Crippen LogP contribution < -0.4 is 20.4 Å². The molecule has 1 nitrogen and oxygen atoms in total. The van der Waals surface area contributed by atoms with Crippen LogP contribution in [0, 0.1) is 0 Å². The van der Waals surface area contributed by atoms with Gasteiger partial charge in [0.05, 0.1) is 23.8 Å². The topological polar surface area (TPSA) is 23.1 Å². The van der Waals surface area contributed by atoms with Crippen LogP contribution in [-0.4, -0.2) is 23.8 Å². The molecule has 4 heteroatoms. The first-order chi connectivity index (χ1) is 15.2. The normalized spacial score (nSPS) is 12.4. The van der Waals surface area contributed by atoms with Gasteiger partial charge in [-0.2, -0.15) is 0 Å². The quantitative estimate of drug-likeness (QED) is 0.240. The molecule has 0 atom stereocenters. The Hall–Kier alpha value is -1.21. The molecule has 0 unspecified atom stereocenters. The average Bonchev–Trinajstić information content (AvgIpc) is 2.72. The Morgan fingerprint density at radius 3 is 0.824 bits per heavy atom. The summed E-state index contributed by atoms with van der Waals surface area (Å²) < 4.78 is 0. The van der Waals surface area contributed by atoms with Crippen molar-refractivity contribution in [3.05, 3.63) is 91.0 Å². The van der Waals surface area contributed by atoms with E-state index in [1.54, 1.807) is 0 Å². The van der Waals surface area contributed by atoms with E-state index >= 15 is 0 Å². The maximum absolute atomic E-state index is 13.8. The molecule has 0 saturated heterocycles. The van der Waals surface area contributed by atoms with Crippen LogP contribution in [0.15, 0.2) is 91.0 Å². The van der Waals surface area contributed by atoms with Gasteiger partial charge in [0.25, 0.3) is 0 Å². The van der Waals surface area contributed by atoms with Gasteiger partial charge in [-0.05, 0) is 62.3 Å². The summed E-state index contributed by atoms with van der Waals surface area (Å²) >= 11 is 0. The molecular weight excluding hydrogens is 499 g/mol. The van der Waals surface area contributed by atoms with E-state index in [4.69, 9.17) is 0 Å². The van der Waals surface area contributed by atoms with Crippen LogP contribution in [0.3, 0.4) is 0 Å². The SMILES string of the molecule is CC(C)(C)[PH+](C(C)(C)C)C(C)(C)C.[Cu+].[O-][Si](c1ccccc1)(c1ccccc1)c1ccccc1. The predicted molar refractivity (Wildman–Crippen MR) is 152 cm³/mol. The maximum atomic E-state index is 13.8. The van der Waals surface area contributed by atoms with Crippen molar-refractivity contribution in [3.63, 3.8) is 0 Å². The molecule has 0 saturated carbocycles. The van der Waals surface area contributed by atoms with Crippen LogP contribution >= 0.6 is 7.92 Å². The summed E-state index contributed by atoms with van der Waals surface area (Å²) in [7, 11) is -3.52. The molecule has 0 aromatic heterocycles. The van der Waals surface area contributed by atoms with E-state index in [0.717, 1.165) is 15.6 Å². The third-order valence-electron chi connectivity index (χ3n) is 5.79. The van der Waals surface area contributed by atoms with Gasteiger partial charge in [0.15, 0.2) is 0 Å². The second-order valence-corrected chi connectivity index (χ2v) is 20.2. The monoisotopic (exact) mass is 541 g/mol. The molecule has 188 valence electrons. The summed E-state index contributed by atoms with van der Waals surface area (Å²) in [5.74, 6) is 0. The summed E-state index contributed by atoms with van der Waals surface area (Å²) in [6.45, 7) is 21.6. The molecule has 0 radical (unpaired) electrons. The van der Waals surface area contributed by atoms with Crippen LogP contribution in [0.4, 0.5) is 0 Å². The van der Waals surface area contributed by atoms with Gasteiger partial charge in [0.2, 0.25) is 0 Å². The van der Waals surface area contributed by atoms with Gasteiger partial charge >= 0.3 is 17.1 Å². The van der Waals surface area contributed by atoms with Crippen molar-refractivity contribution in [1.82, 2.24) is 0 Å². The zero-order valence-electron chi connectivity index (χ0n) is 22.4. The zero-order valence-corrected chi connectivity index (χ0v) is 25.3. The van der Waals surface area contributed by atoms with Crippen LogP contribution in [0.2, 0.25) is 0 Å². The average molecular weight is 542 g/mol. The Kier molecular flexibility index (Phi) is 11.0. The van der Waals surface area contributed by atoms with E-state index in [-0.39, 0.29) is 17.1 Å². The molecule has 3 rings (SSSR count). The third kappa shape index (κ3) is 7.90. The standard InChI is InChI=1S/C18H15OSi.C12H27P.Cu/c19-20(16-10-4-1-5-11-16,17-12-6-2-7-13-17)18-14-8-3-9-15-18;1-10(2,3)13(11(4,5)6)12(7,8)9;/h1-15H;1-9H3;/q-1;;+1/p+1. The van der Waals surface area contributed by atoms with E-state index in [1.807, 2.05) is 91.0 Å². The molecule has 0 amide bonds. The maximum Gasteiger partial charge on any atom is 1.00 e. The van der Waals surface area contributed by atoms with E-state index in [0.29, 0.717) is 15.5 Å². The third-order valence-corrected chi connectivity index (χ3v) is 13.7.